The van der Waals surface area contributed by atoms with E-state index in [9.17, 15) is 4.79 Å². The Morgan fingerprint density at radius 3 is 2.78 bits per heavy atom. The normalized spacial score (nSPS) is 19.6. The number of rotatable bonds is 4. The highest BCUT2D eigenvalue weighted by molar-refractivity contribution is 5.91. The standard InChI is InChI=1S/C20H29N5O2/c1-4-8-25-9-5-15-18(22-13-21-15)20(25)6-10-24(11-7-20)19(26)17-12-16(14(2)3)23-27-17/h12-14H,4-11H2,1-3H3,(H,21,22). The first-order valence-electron chi connectivity index (χ1n) is 10.1. The van der Waals surface area contributed by atoms with E-state index in [4.69, 9.17) is 4.52 Å². The van der Waals surface area contributed by atoms with Crippen molar-refractivity contribution in [1.29, 1.82) is 0 Å². The Morgan fingerprint density at radius 1 is 1.33 bits per heavy atom. The van der Waals surface area contributed by atoms with Gasteiger partial charge in [0.15, 0.2) is 0 Å². The molecule has 1 amide bonds. The molecule has 0 radical (unpaired) electrons. The number of aromatic nitrogens is 3. The summed E-state index contributed by atoms with van der Waals surface area (Å²) in [7, 11) is 0. The second kappa shape index (κ2) is 7.11. The molecule has 7 heteroatoms. The summed E-state index contributed by atoms with van der Waals surface area (Å²) in [5, 5.41) is 4.03. The van der Waals surface area contributed by atoms with E-state index in [1.54, 1.807) is 6.07 Å². The van der Waals surface area contributed by atoms with Gasteiger partial charge in [0, 0.05) is 37.8 Å². The molecule has 2 aromatic heterocycles. The largest absolute Gasteiger partial charge is 0.351 e. The van der Waals surface area contributed by atoms with Crippen molar-refractivity contribution in [3.8, 4) is 0 Å². The molecule has 1 saturated heterocycles. The molecule has 0 bridgehead atoms. The van der Waals surface area contributed by atoms with Crippen molar-refractivity contribution in [1.82, 2.24) is 24.9 Å². The lowest BCUT2D eigenvalue weighted by Gasteiger charge is -2.50. The summed E-state index contributed by atoms with van der Waals surface area (Å²) in [5.41, 5.74) is 3.23. The predicted octanol–water partition coefficient (Wildman–Crippen LogP) is 2.92. The van der Waals surface area contributed by atoms with E-state index >= 15 is 0 Å². The van der Waals surface area contributed by atoms with Crippen LogP contribution in [0, 0.1) is 0 Å². The van der Waals surface area contributed by atoms with Gasteiger partial charge in [-0.05, 0) is 31.7 Å². The van der Waals surface area contributed by atoms with Crippen LogP contribution in [-0.4, -0.2) is 57.0 Å². The van der Waals surface area contributed by atoms with Crippen LogP contribution >= 0.6 is 0 Å². The summed E-state index contributed by atoms with van der Waals surface area (Å²) >= 11 is 0. The first-order valence-corrected chi connectivity index (χ1v) is 10.1. The minimum atomic E-state index is -0.0515. The highest BCUT2D eigenvalue weighted by atomic mass is 16.5. The lowest BCUT2D eigenvalue weighted by molar-refractivity contribution is 0.00588. The second-order valence-electron chi connectivity index (χ2n) is 8.06. The number of carbonyl (C=O) groups excluding carboxylic acids is 1. The van der Waals surface area contributed by atoms with E-state index < -0.39 is 0 Å². The van der Waals surface area contributed by atoms with E-state index in [1.807, 2.05) is 25.1 Å². The molecule has 0 unspecified atom stereocenters. The van der Waals surface area contributed by atoms with Gasteiger partial charge in [-0.3, -0.25) is 9.69 Å². The van der Waals surface area contributed by atoms with Gasteiger partial charge in [0.05, 0.1) is 23.3 Å². The van der Waals surface area contributed by atoms with Crippen LogP contribution in [0.4, 0.5) is 0 Å². The summed E-state index contributed by atoms with van der Waals surface area (Å²) < 4.78 is 5.31. The molecule has 2 aromatic rings. The molecule has 27 heavy (non-hydrogen) atoms. The highest BCUT2D eigenvalue weighted by Crippen LogP contribution is 2.42. The highest BCUT2D eigenvalue weighted by Gasteiger charge is 2.47. The van der Waals surface area contributed by atoms with Crippen molar-refractivity contribution in [2.75, 3.05) is 26.2 Å². The molecule has 2 aliphatic heterocycles. The Kier molecular flexibility index (Phi) is 4.80. The van der Waals surface area contributed by atoms with E-state index in [1.165, 1.54) is 11.4 Å². The van der Waals surface area contributed by atoms with Crippen molar-refractivity contribution >= 4 is 5.91 Å². The number of fused-ring (bicyclic) bond motifs is 2. The number of hydrogen-bond donors (Lipinski definition) is 1. The zero-order valence-electron chi connectivity index (χ0n) is 16.5. The number of H-pyrrole nitrogens is 1. The smallest absolute Gasteiger partial charge is 0.292 e. The van der Waals surface area contributed by atoms with E-state index in [0.717, 1.165) is 44.5 Å². The molecular weight excluding hydrogens is 342 g/mol. The fraction of sp³-hybridized carbons (Fsp3) is 0.650. The van der Waals surface area contributed by atoms with Crippen molar-refractivity contribution < 1.29 is 9.32 Å². The number of aromatic amines is 1. The summed E-state index contributed by atoms with van der Waals surface area (Å²) in [6, 6.07) is 1.78. The predicted molar refractivity (Wildman–Crippen MR) is 102 cm³/mol. The van der Waals surface area contributed by atoms with Crippen molar-refractivity contribution in [3.63, 3.8) is 0 Å². The Labute approximate surface area is 160 Å². The van der Waals surface area contributed by atoms with E-state index in [2.05, 4.69) is 26.9 Å². The van der Waals surface area contributed by atoms with Gasteiger partial charge >= 0.3 is 0 Å². The molecule has 1 spiro atoms. The van der Waals surface area contributed by atoms with Gasteiger partial charge in [0.1, 0.15) is 0 Å². The van der Waals surface area contributed by atoms with Crippen LogP contribution in [0.5, 0.6) is 0 Å². The van der Waals surface area contributed by atoms with Gasteiger partial charge < -0.3 is 14.4 Å². The minimum absolute atomic E-state index is 0.0507. The topological polar surface area (TPSA) is 78.3 Å². The number of likely N-dealkylation sites (tertiary alicyclic amines) is 1. The number of nitrogens with zero attached hydrogens (tertiary/aromatic N) is 4. The molecule has 0 aromatic carbocycles. The molecule has 1 fully saturated rings. The van der Waals surface area contributed by atoms with Crippen LogP contribution in [0.15, 0.2) is 16.9 Å². The number of hydrogen-bond acceptors (Lipinski definition) is 5. The molecule has 146 valence electrons. The van der Waals surface area contributed by atoms with Gasteiger partial charge in [-0.25, -0.2) is 4.98 Å². The number of amides is 1. The van der Waals surface area contributed by atoms with Crippen molar-refractivity contribution in [2.24, 2.45) is 0 Å². The fourth-order valence-electron chi connectivity index (χ4n) is 4.57. The zero-order chi connectivity index (χ0) is 19.0. The number of carbonyl (C=O) groups is 1. The third kappa shape index (κ3) is 3.08. The quantitative estimate of drug-likeness (QED) is 0.894. The van der Waals surface area contributed by atoms with Crippen LogP contribution < -0.4 is 0 Å². The van der Waals surface area contributed by atoms with Crippen LogP contribution in [0.3, 0.4) is 0 Å². The third-order valence-electron chi connectivity index (χ3n) is 6.10. The monoisotopic (exact) mass is 371 g/mol. The summed E-state index contributed by atoms with van der Waals surface area (Å²) in [6.45, 7) is 9.86. The Hall–Kier alpha value is -2.15. The molecule has 1 N–H and O–H groups in total. The fourth-order valence-corrected chi connectivity index (χ4v) is 4.57. The maximum absolute atomic E-state index is 12.9. The average molecular weight is 371 g/mol. The molecule has 0 atom stereocenters. The molecule has 7 nitrogen and oxygen atoms in total. The van der Waals surface area contributed by atoms with E-state index in [0.29, 0.717) is 18.8 Å². The molecule has 2 aliphatic rings. The lowest BCUT2D eigenvalue weighted by Crippen LogP contribution is -2.57. The van der Waals surface area contributed by atoms with Crippen LogP contribution in [0.1, 0.15) is 73.6 Å². The van der Waals surface area contributed by atoms with Crippen molar-refractivity contribution in [2.45, 2.75) is 57.9 Å². The SMILES string of the molecule is CCCN1CCc2[nH]cnc2C12CCN(C(=O)c1cc(C(C)C)no1)CC2. The maximum atomic E-state index is 12.9. The Morgan fingerprint density at radius 2 is 2.11 bits per heavy atom. The van der Waals surface area contributed by atoms with Gasteiger partial charge in [0.25, 0.3) is 5.91 Å². The number of imidazole rings is 1. The molecular formula is C20H29N5O2. The molecule has 0 aliphatic carbocycles. The third-order valence-corrected chi connectivity index (χ3v) is 6.10. The molecule has 0 saturated carbocycles. The lowest BCUT2D eigenvalue weighted by atomic mass is 9.78. The van der Waals surface area contributed by atoms with Gasteiger partial charge in [-0.1, -0.05) is 25.9 Å². The van der Waals surface area contributed by atoms with Gasteiger partial charge in [-0.2, -0.15) is 0 Å². The first kappa shape index (κ1) is 18.2. The Balaban J connectivity index is 1.52. The number of nitrogens with one attached hydrogen (secondary N) is 1. The van der Waals surface area contributed by atoms with E-state index in [-0.39, 0.29) is 17.4 Å². The summed E-state index contributed by atoms with van der Waals surface area (Å²) in [6.07, 6.45) is 5.78. The molecule has 4 heterocycles. The zero-order valence-corrected chi connectivity index (χ0v) is 16.5. The minimum Gasteiger partial charge on any atom is -0.351 e. The van der Waals surface area contributed by atoms with Crippen LogP contribution in [0.2, 0.25) is 0 Å². The first-order chi connectivity index (χ1) is 13.0. The second-order valence-corrected chi connectivity index (χ2v) is 8.06. The van der Waals surface area contributed by atoms with Crippen LogP contribution in [0.25, 0.3) is 0 Å². The maximum Gasteiger partial charge on any atom is 0.292 e. The molecule has 4 rings (SSSR count). The summed E-state index contributed by atoms with van der Waals surface area (Å²) in [4.78, 5) is 25.4. The van der Waals surface area contributed by atoms with Gasteiger partial charge in [-0.15, -0.1) is 0 Å². The summed E-state index contributed by atoms with van der Waals surface area (Å²) in [5.74, 6) is 0.552. The van der Waals surface area contributed by atoms with Crippen molar-refractivity contribution in [3.05, 3.63) is 35.2 Å². The Bertz CT molecular complexity index is 801. The average Bonchev–Trinajstić information content (AvgIpc) is 3.34. The number of piperidine rings is 1. The van der Waals surface area contributed by atoms with Crippen LogP contribution in [-0.2, 0) is 12.0 Å². The van der Waals surface area contributed by atoms with Gasteiger partial charge in [0.2, 0.25) is 5.76 Å².